The number of hydrogen-bond acceptors (Lipinski definition) is 11. The monoisotopic (exact) mass is 556 g/mol. The molecule has 5 atom stereocenters. The average Bonchev–Trinajstić information content (AvgIpc) is 3.16. The lowest BCUT2D eigenvalue weighted by atomic mass is 9.97. The van der Waals surface area contributed by atoms with Gasteiger partial charge in [0.2, 0.25) is 5.88 Å². The molecule has 1 aromatic heterocycles. The summed E-state index contributed by atoms with van der Waals surface area (Å²) in [7, 11) is 0. The van der Waals surface area contributed by atoms with E-state index in [1.54, 1.807) is 38.4 Å². The summed E-state index contributed by atoms with van der Waals surface area (Å²) in [5.41, 5.74) is 1.64. The molecular weight excluding hydrogens is 519 g/mol. The van der Waals surface area contributed by atoms with Gasteiger partial charge in [-0.05, 0) is 59.2 Å². The summed E-state index contributed by atoms with van der Waals surface area (Å²) in [5.74, 6) is -3.49. The summed E-state index contributed by atoms with van der Waals surface area (Å²) in [5, 5.41) is 46.8. The third kappa shape index (κ3) is 6.97. The molecule has 0 aliphatic carbocycles. The average molecular weight is 557 g/mol. The molecule has 0 unspecified atom stereocenters. The van der Waals surface area contributed by atoms with Crippen LogP contribution < -0.4 is 9.47 Å². The maximum Gasteiger partial charge on any atom is 0.508 e. The molecular formula is C26H37FN2O10. The molecule has 1 fully saturated rings. The SMILES string of the molecule is CCOC(=O)OC[C@H]1O[C@](O)(Oc2nn(C(C)C)c(C)c2Cc2ccc(OC(C)C)c(F)c2)[C@H](O)[C@@H](O)[C@@H]1O. The fraction of sp³-hybridized carbons (Fsp3) is 0.615. The van der Waals surface area contributed by atoms with E-state index in [4.69, 9.17) is 18.9 Å². The summed E-state index contributed by atoms with van der Waals surface area (Å²) in [6.45, 7) is 10.1. The summed E-state index contributed by atoms with van der Waals surface area (Å²) in [6, 6.07) is 4.38. The predicted molar refractivity (Wildman–Crippen MR) is 134 cm³/mol. The molecule has 1 aliphatic heterocycles. The van der Waals surface area contributed by atoms with Crippen molar-refractivity contribution in [1.29, 1.82) is 0 Å². The van der Waals surface area contributed by atoms with E-state index >= 15 is 0 Å². The zero-order valence-corrected chi connectivity index (χ0v) is 22.8. The Balaban J connectivity index is 1.91. The first-order chi connectivity index (χ1) is 18.3. The molecule has 4 N–H and O–H groups in total. The van der Waals surface area contributed by atoms with Crippen molar-refractivity contribution in [1.82, 2.24) is 9.78 Å². The lowest BCUT2D eigenvalue weighted by Gasteiger charge is -2.44. The summed E-state index contributed by atoms with van der Waals surface area (Å²) in [4.78, 5) is 11.6. The zero-order valence-electron chi connectivity index (χ0n) is 22.8. The van der Waals surface area contributed by atoms with Gasteiger partial charge in [0.05, 0.1) is 12.7 Å². The minimum atomic E-state index is -2.89. The molecule has 3 rings (SSSR count). The van der Waals surface area contributed by atoms with Crippen molar-refractivity contribution >= 4 is 6.16 Å². The Morgan fingerprint density at radius 3 is 2.46 bits per heavy atom. The van der Waals surface area contributed by atoms with Gasteiger partial charge in [-0.3, -0.25) is 4.68 Å². The third-order valence-electron chi connectivity index (χ3n) is 6.08. The number of halogens is 1. The van der Waals surface area contributed by atoms with Crippen molar-refractivity contribution in [2.45, 2.75) is 90.5 Å². The van der Waals surface area contributed by atoms with Crippen LogP contribution in [0, 0.1) is 12.7 Å². The smallest absolute Gasteiger partial charge is 0.488 e. The second-order valence-electron chi connectivity index (χ2n) is 9.82. The van der Waals surface area contributed by atoms with Gasteiger partial charge in [-0.1, -0.05) is 6.07 Å². The number of benzene rings is 1. The Labute approximate surface area is 225 Å². The number of aliphatic hydroxyl groups is 4. The Morgan fingerprint density at radius 1 is 1.18 bits per heavy atom. The summed E-state index contributed by atoms with van der Waals surface area (Å²) < 4.78 is 42.3. The Kier molecular flexibility index (Phi) is 9.78. The van der Waals surface area contributed by atoms with Gasteiger partial charge >= 0.3 is 12.1 Å². The van der Waals surface area contributed by atoms with Crippen molar-refractivity contribution in [3.8, 4) is 11.6 Å². The first-order valence-electron chi connectivity index (χ1n) is 12.7. The van der Waals surface area contributed by atoms with Crippen molar-refractivity contribution in [2.75, 3.05) is 13.2 Å². The first-order valence-corrected chi connectivity index (χ1v) is 12.7. The van der Waals surface area contributed by atoms with Crippen molar-refractivity contribution in [2.24, 2.45) is 0 Å². The van der Waals surface area contributed by atoms with E-state index in [2.05, 4.69) is 9.84 Å². The van der Waals surface area contributed by atoms with E-state index in [0.717, 1.165) is 0 Å². The first kappa shape index (κ1) is 30.6. The highest BCUT2D eigenvalue weighted by Gasteiger charge is 2.56. The van der Waals surface area contributed by atoms with Gasteiger partial charge in [0.1, 0.15) is 24.9 Å². The Morgan fingerprint density at radius 2 is 1.87 bits per heavy atom. The van der Waals surface area contributed by atoms with E-state index < -0.39 is 49.0 Å². The van der Waals surface area contributed by atoms with E-state index in [0.29, 0.717) is 16.8 Å². The number of nitrogens with zero attached hydrogens (tertiary/aromatic N) is 2. The fourth-order valence-corrected chi connectivity index (χ4v) is 4.17. The van der Waals surface area contributed by atoms with Gasteiger partial charge in [-0.15, -0.1) is 5.10 Å². The highest BCUT2D eigenvalue weighted by Crippen LogP contribution is 2.35. The number of ether oxygens (including phenoxy) is 5. The minimum absolute atomic E-state index is 0.0410. The van der Waals surface area contributed by atoms with Crippen molar-refractivity contribution in [3.63, 3.8) is 0 Å². The Bertz CT molecular complexity index is 1140. The molecule has 13 heteroatoms. The van der Waals surface area contributed by atoms with E-state index in [1.165, 1.54) is 12.1 Å². The van der Waals surface area contributed by atoms with Gasteiger partial charge in [0, 0.05) is 23.7 Å². The molecule has 0 spiro atoms. The lowest BCUT2D eigenvalue weighted by Crippen LogP contribution is -2.67. The molecule has 1 aromatic carbocycles. The van der Waals surface area contributed by atoms with Crippen LogP contribution >= 0.6 is 0 Å². The maximum atomic E-state index is 14.7. The topological polar surface area (TPSA) is 162 Å². The quantitative estimate of drug-likeness (QED) is 0.250. The van der Waals surface area contributed by atoms with Crippen LogP contribution in [0.25, 0.3) is 0 Å². The molecule has 1 saturated heterocycles. The number of carbonyl (C=O) groups excluding carboxylic acids is 1. The molecule has 2 aromatic rings. The highest BCUT2D eigenvalue weighted by molar-refractivity contribution is 5.59. The molecule has 0 saturated carbocycles. The van der Waals surface area contributed by atoms with Gasteiger partial charge < -0.3 is 44.1 Å². The second-order valence-corrected chi connectivity index (χ2v) is 9.82. The van der Waals surface area contributed by atoms with Gasteiger partial charge in [0.25, 0.3) is 0 Å². The maximum absolute atomic E-state index is 14.7. The summed E-state index contributed by atoms with van der Waals surface area (Å²) in [6.07, 6.45) is -8.42. The van der Waals surface area contributed by atoms with Gasteiger partial charge in [0.15, 0.2) is 17.7 Å². The molecule has 1 aliphatic rings. The Hall–Kier alpha value is -2.97. The predicted octanol–water partition coefficient (Wildman–Crippen LogP) is 1.97. The summed E-state index contributed by atoms with van der Waals surface area (Å²) >= 11 is 0. The highest BCUT2D eigenvalue weighted by atomic mass is 19.1. The third-order valence-corrected chi connectivity index (χ3v) is 6.08. The standard InChI is InChI=1S/C26H37FN2O10/c1-7-35-25(33)36-12-20-21(30)22(31)23(32)26(34,38-20)39-24-17(15(6)29(28-24)13(2)3)10-16-8-9-19(18(27)11-16)37-14(4)5/h8-9,11,13-14,20-23,30-32,34H,7,10,12H2,1-6H3/t20-,21-,22+,23-,26+/m1/s1. The number of rotatable bonds is 10. The van der Waals surface area contributed by atoms with Crippen molar-refractivity contribution in [3.05, 3.63) is 40.8 Å². The van der Waals surface area contributed by atoms with Gasteiger partial charge in [-0.25, -0.2) is 9.18 Å². The number of aliphatic hydroxyl groups excluding tert-OH is 3. The van der Waals surface area contributed by atoms with Crippen LogP contribution in [0.15, 0.2) is 18.2 Å². The molecule has 39 heavy (non-hydrogen) atoms. The molecule has 218 valence electrons. The van der Waals surface area contributed by atoms with E-state index in [-0.39, 0.29) is 36.8 Å². The molecule has 0 bridgehead atoms. The second kappa shape index (κ2) is 12.5. The molecule has 0 radical (unpaired) electrons. The van der Waals surface area contributed by atoms with Crippen LogP contribution in [-0.4, -0.2) is 86.1 Å². The van der Waals surface area contributed by atoms with Crippen molar-refractivity contribution < 1.29 is 53.3 Å². The van der Waals surface area contributed by atoms with Crippen LogP contribution in [0.4, 0.5) is 9.18 Å². The van der Waals surface area contributed by atoms with Crippen LogP contribution in [0.2, 0.25) is 0 Å². The van der Waals surface area contributed by atoms with E-state index in [1.807, 2.05) is 13.8 Å². The largest absolute Gasteiger partial charge is 0.508 e. The minimum Gasteiger partial charge on any atom is -0.488 e. The number of hydrogen-bond donors (Lipinski definition) is 4. The van der Waals surface area contributed by atoms with Crippen LogP contribution in [0.3, 0.4) is 0 Å². The lowest BCUT2D eigenvalue weighted by molar-refractivity contribution is -0.423. The number of aromatic nitrogens is 2. The molecule has 0 amide bonds. The van der Waals surface area contributed by atoms with Crippen LogP contribution in [-0.2, 0) is 20.6 Å². The molecule has 2 heterocycles. The zero-order chi connectivity index (χ0) is 29.1. The van der Waals surface area contributed by atoms with E-state index in [9.17, 15) is 29.6 Å². The molecule has 12 nitrogen and oxygen atoms in total. The van der Waals surface area contributed by atoms with Crippen LogP contribution in [0.5, 0.6) is 11.6 Å². The fourth-order valence-electron chi connectivity index (χ4n) is 4.17. The normalized spacial score (nSPS) is 25.2. The van der Waals surface area contributed by atoms with Gasteiger partial charge in [-0.2, -0.15) is 0 Å². The number of carbonyl (C=O) groups is 1. The van der Waals surface area contributed by atoms with Crippen LogP contribution in [0.1, 0.15) is 57.5 Å².